The van der Waals surface area contributed by atoms with Crippen LogP contribution in [0.25, 0.3) is 44.0 Å². The highest BCUT2D eigenvalue weighted by atomic mass is 16.5. The Morgan fingerprint density at radius 2 is 1.81 bits per heavy atom. The van der Waals surface area contributed by atoms with Crippen LogP contribution < -0.4 is 14.8 Å². The van der Waals surface area contributed by atoms with E-state index in [1.807, 2.05) is 62.8 Å². The number of H-pyrrole nitrogens is 1. The zero-order chi connectivity index (χ0) is 25.1. The van der Waals surface area contributed by atoms with Crippen molar-refractivity contribution < 1.29 is 14.0 Å². The minimum Gasteiger partial charge on any atom is -0.497 e. The zero-order valence-corrected chi connectivity index (χ0v) is 20.8. The van der Waals surface area contributed by atoms with Gasteiger partial charge in [-0.1, -0.05) is 5.16 Å². The summed E-state index contributed by atoms with van der Waals surface area (Å²) in [4.78, 5) is 12.9. The maximum Gasteiger partial charge on any atom is 0.161 e. The van der Waals surface area contributed by atoms with Crippen molar-refractivity contribution in [2.45, 2.75) is 20.8 Å². The molecule has 36 heavy (non-hydrogen) atoms. The van der Waals surface area contributed by atoms with Crippen LogP contribution in [0, 0.1) is 20.8 Å². The first-order valence-electron chi connectivity index (χ1n) is 11.5. The van der Waals surface area contributed by atoms with Crippen molar-refractivity contribution in [1.29, 1.82) is 0 Å². The summed E-state index contributed by atoms with van der Waals surface area (Å²) in [6.07, 6.45) is 0. The zero-order valence-electron chi connectivity index (χ0n) is 20.8. The van der Waals surface area contributed by atoms with Crippen molar-refractivity contribution >= 4 is 44.5 Å². The van der Waals surface area contributed by atoms with Crippen molar-refractivity contribution in [3.63, 3.8) is 0 Å². The fourth-order valence-electron chi connectivity index (χ4n) is 4.83. The molecule has 0 amide bonds. The van der Waals surface area contributed by atoms with Crippen LogP contribution in [0.3, 0.4) is 0 Å². The Labute approximate surface area is 206 Å². The van der Waals surface area contributed by atoms with Crippen LogP contribution in [0.15, 0.2) is 34.9 Å². The second kappa shape index (κ2) is 7.98. The Morgan fingerprint density at radius 1 is 0.972 bits per heavy atom. The first-order valence-corrected chi connectivity index (χ1v) is 11.5. The largest absolute Gasteiger partial charge is 0.497 e. The van der Waals surface area contributed by atoms with E-state index in [0.29, 0.717) is 23.2 Å². The van der Waals surface area contributed by atoms with Gasteiger partial charge in [0.25, 0.3) is 0 Å². The molecular weight excluding hydrogens is 458 g/mol. The van der Waals surface area contributed by atoms with Gasteiger partial charge >= 0.3 is 0 Å². The number of aromatic nitrogens is 6. The van der Waals surface area contributed by atoms with Gasteiger partial charge in [0.05, 0.1) is 36.4 Å². The number of anilines is 2. The molecule has 0 saturated heterocycles. The second-order valence-corrected chi connectivity index (χ2v) is 8.75. The summed E-state index contributed by atoms with van der Waals surface area (Å²) in [5, 5.41) is 15.0. The molecule has 0 aliphatic carbocycles. The summed E-state index contributed by atoms with van der Waals surface area (Å²) >= 11 is 0. The third-order valence-corrected chi connectivity index (χ3v) is 6.48. The van der Waals surface area contributed by atoms with Crippen LogP contribution in [-0.2, 0) is 7.05 Å². The van der Waals surface area contributed by atoms with E-state index >= 15 is 0 Å². The van der Waals surface area contributed by atoms with E-state index in [4.69, 9.17) is 24.1 Å². The minimum absolute atomic E-state index is 0.636. The number of methoxy groups -OCH3 is 2. The Balaban J connectivity index is 1.56. The maximum absolute atomic E-state index is 5.80. The van der Waals surface area contributed by atoms with E-state index in [1.54, 1.807) is 14.2 Å². The number of nitrogens with zero attached hydrogens (tertiary/aromatic N) is 5. The lowest BCUT2D eigenvalue weighted by Gasteiger charge is -2.10. The molecule has 0 radical (unpaired) electrons. The number of fused-ring (bicyclic) bond motifs is 4. The molecule has 2 aromatic carbocycles. The van der Waals surface area contributed by atoms with E-state index in [-0.39, 0.29) is 0 Å². The van der Waals surface area contributed by atoms with Crippen molar-refractivity contribution in [2.24, 2.45) is 7.05 Å². The van der Waals surface area contributed by atoms with Crippen molar-refractivity contribution in [1.82, 2.24) is 29.9 Å². The number of benzene rings is 2. The Hall–Kier alpha value is -4.60. The number of hydrogen-bond acceptors (Lipinski definition) is 8. The fourth-order valence-corrected chi connectivity index (χ4v) is 4.83. The topological polar surface area (TPSA) is 116 Å². The van der Waals surface area contributed by atoms with E-state index in [9.17, 15) is 0 Å². The van der Waals surface area contributed by atoms with E-state index in [2.05, 4.69) is 20.4 Å². The Bertz CT molecular complexity index is 1780. The van der Waals surface area contributed by atoms with Gasteiger partial charge in [-0.2, -0.15) is 5.10 Å². The van der Waals surface area contributed by atoms with Crippen molar-refractivity contribution in [2.75, 3.05) is 19.5 Å². The summed E-state index contributed by atoms with van der Waals surface area (Å²) in [6, 6.07) is 9.91. The monoisotopic (exact) mass is 483 g/mol. The Morgan fingerprint density at radius 3 is 2.53 bits per heavy atom. The first kappa shape index (κ1) is 21.9. The number of aromatic amines is 1. The van der Waals surface area contributed by atoms with Gasteiger partial charge in [0.2, 0.25) is 0 Å². The molecule has 4 heterocycles. The third-order valence-electron chi connectivity index (χ3n) is 6.48. The highest BCUT2D eigenvalue weighted by Crippen LogP contribution is 2.41. The SMILES string of the molecule is COc1ccc2c(Nc3nc(C)nc4[nH]c5cc(-c6c(C)noc6C)c(OC)cc5c34)nn(C)c2c1. The van der Waals surface area contributed by atoms with Crippen molar-refractivity contribution in [3.05, 3.63) is 47.6 Å². The van der Waals surface area contributed by atoms with Gasteiger partial charge in [0, 0.05) is 35.0 Å². The predicted molar refractivity (Wildman–Crippen MR) is 138 cm³/mol. The fraction of sp³-hybridized carbons (Fsp3) is 0.231. The summed E-state index contributed by atoms with van der Waals surface area (Å²) in [7, 11) is 5.21. The molecule has 0 aliphatic rings. The standard InChI is InChI=1S/C26H25N7O3/c1-12-22(13(2)36-32-12)18-10-19-17(11-21(18)35-6)23-25(29-19)27-14(3)28-26(23)30-24-16-8-7-15(34-5)9-20(16)33(4)31-24/h7-11H,1-6H3,(H2,27,28,29,30,31). The van der Waals surface area contributed by atoms with Crippen LogP contribution in [0.5, 0.6) is 11.5 Å². The molecule has 0 fully saturated rings. The number of hydrogen-bond donors (Lipinski definition) is 2. The van der Waals surface area contributed by atoms with Crippen LogP contribution >= 0.6 is 0 Å². The van der Waals surface area contributed by atoms with Gasteiger partial charge in [0.15, 0.2) is 5.82 Å². The third kappa shape index (κ3) is 3.25. The first-order chi connectivity index (χ1) is 17.4. The molecule has 6 aromatic rings. The molecule has 10 nitrogen and oxygen atoms in total. The molecule has 0 unspecified atom stereocenters. The van der Waals surface area contributed by atoms with Crippen molar-refractivity contribution in [3.8, 4) is 22.6 Å². The van der Waals surface area contributed by atoms with Crippen LogP contribution in [0.4, 0.5) is 11.6 Å². The predicted octanol–water partition coefficient (Wildman–Crippen LogP) is 5.34. The lowest BCUT2D eigenvalue weighted by atomic mass is 10.0. The molecule has 10 heteroatoms. The summed E-state index contributed by atoms with van der Waals surface area (Å²) < 4.78 is 18.4. The van der Waals surface area contributed by atoms with E-state index in [1.165, 1.54) is 0 Å². The van der Waals surface area contributed by atoms with Gasteiger partial charge in [-0.15, -0.1) is 0 Å². The van der Waals surface area contributed by atoms with Gasteiger partial charge < -0.3 is 24.3 Å². The van der Waals surface area contributed by atoms with Crippen LogP contribution in [0.1, 0.15) is 17.3 Å². The molecule has 0 aliphatic heterocycles. The molecule has 0 spiro atoms. The number of aryl methyl sites for hydroxylation is 4. The molecule has 4 aromatic heterocycles. The Kier molecular flexibility index (Phi) is 4.85. The molecular formula is C26H25N7O3. The number of nitrogens with one attached hydrogen (secondary N) is 2. The van der Waals surface area contributed by atoms with Crippen LogP contribution in [-0.4, -0.2) is 44.1 Å². The normalized spacial score (nSPS) is 11.6. The molecule has 0 saturated carbocycles. The lowest BCUT2D eigenvalue weighted by molar-refractivity contribution is 0.393. The second-order valence-electron chi connectivity index (χ2n) is 8.75. The van der Waals surface area contributed by atoms with Crippen LogP contribution in [0.2, 0.25) is 0 Å². The molecule has 0 atom stereocenters. The number of rotatable bonds is 5. The van der Waals surface area contributed by atoms with Gasteiger partial charge in [0.1, 0.15) is 34.5 Å². The number of ether oxygens (including phenoxy) is 2. The highest BCUT2D eigenvalue weighted by molar-refractivity contribution is 6.13. The quantitative estimate of drug-likeness (QED) is 0.338. The summed E-state index contributed by atoms with van der Waals surface area (Å²) in [5.74, 6) is 4.21. The highest BCUT2D eigenvalue weighted by Gasteiger charge is 2.21. The molecule has 2 N–H and O–H groups in total. The molecule has 6 rings (SSSR count). The maximum atomic E-state index is 5.80. The minimum atomic E-state index is 0.636. The average molecular weight is 484 g/mol. The lowest BCUT2D eigenvalue weighted by Crippen LogP contribution is -2.00. The van der Waals surface area contributed by atoms with Gasteiger partial charge in [-0.25, -0.2) is 9.97 Å². The molecule has 0 bridgehead atoms. The average Bonchev–Trinajstić information content (AvgIpc) is 3.49. The smallest absolute Gasteiger partial charge is 0.161 e. The summed E-state index contributed by atoms with van der Waals surface area (Å²) in [5.41, 5.74) is 5.20. The van der Waals surface area contributed by atoms with E-state index in [0.717, 1.165) is 61.2 Å². The van der Waals surface area contributed by atoms with Gasteiger partial charge in [-0.3, -0.25) is 4.68 Å². The van der Waals surface area contributed by atoms with Gasteiger partial charge in [-0.05, 0) is 45.0 Å². The summed E-state index contributed by atoms with van der Waals surface area (Å²) in [6.45, 7) is 5.69. The van der Waals surface area contributed by atoms with E-state index < -0.39 is 0 Å². The molecule has 182 valence electrons.